The van der Waals surface area contributed by atoms with Crippen LogP contribution in [0.25, 0.3) is 0 Å². The van der Waals surface area contributed by atoms with E-state index >= 15 is 0 Å². The lowest BCUT2D eigenvalue weighted by Crippen LogP contribution is -1.94. The van der Waals surface area contributed by atoms with Gasteiger partial charge in [0.15, 0.2) is 0 Å². The van der Waals surface area contributed by atoms with Gasteiger partial charge in [-0.25, -0.2) is 4.68 Å². The first-order chi connectivity index (χ1) is 8.79. The van der Waals surface area contributed by atoms with Crippen LogP contribution in [0.4, 0.5) is 0 Å². The van der Waals surface area contributed by atoms with E-state index in [9.17, 15) is 0 Å². The van der Waals surface area contributed by atoms with E-state index in [0.717, 1.165) is 15.8 Å². The molecule has 1 aromatic carbocycles. The van der Waals surface area contributed by atoms with Crippen molar-refractivity contribution in [3.05, 3.63) is 53.5 Å². The van der Waals surface area contributed by atoms with Crippen molar-refractivity contribution in [1.82, 2.24) is 14.9 Å². The van der Waals surface area contributed by atoms with E-state index in [1.807, 2.05) is 18.2 Å². The number of halogens is 1. The molecule has 0 fully saturated rings. The number of aromatic nitrogens is 3. The molecule has 0 saturated carbocycles. The van der Waals surface area contributed by atoms with Gasteiger partial charge >= 0.3 is 0 Å². The van der Waals surface area contributed by atoms with Gasteiger partial charge in [0.25, 0.3) is 0 Å². The maximum absolute atomic E-state index is 5.46. The van der Waals surface area contributed by atoms with E-state index < -0.39 is 0 Å². The predicted molar refractivity (Wildman–Crippen MR) is 72.8 cm³/mol. The van der Waals surface area contributed by atoms with E-state index in [0.29, 0.717) is 6.61 Å². The maximum Gasteiger partial charge on any atom is 0.141 e. The van der Waals surface area contributed by atoms with Crippen molar-refractivity contribution in [2.75, 3.05) is 6.61 Å². The van der Waals surface area contributed by atoms with E-state index in [4.69, 9.17) is 4.74 Å². The lowest BCUT2D eigenvalue weighted by atomic mass is 10.2. The van der Waals surface area contributed by atoms with Gasteiger partial charge in [-0.1, -0.05) is 12.7 Å². The summed E-state index contributed by atoms with van der Waals surface area (Å²) in [5, 5.41) is 11.5. The van der Waals surface area contributed by atoms with E-state index in [2.05, 4.69) is 37.8 Å². The molecule has 0 saturated heterocycles. The predicted octanol–water partition coefficient (Wildman–Crippen LogP) is 2.49. The zero-order valence-electron chi connectivity index (χ0n) is 9.53. The summed E-state index contributed by atoms with van der Waals surface area (Å²) in [6.45, 7) is 4.08. The molecule has 0 aliphatic heterocycles. The molecule has 1 aromatic heterocycles. The summed E-state index contributed by atoms with van der Waals surface area (Å²) >= 11 is 3.44. The van der Waals surface area contributed by atoms with Crippen molar-refractivity contribution < 1.29 is 4.74 Å². The molecule has 2 rings (SSSR count). The smallest absolute Gasteiger partial charge is 0.141 e. The van der Waals surface area contributed by atoms with Crippen LogP contribution in [0.2, 0.25) is 0 Å². The Morgan fingerprint density at radius 3 is 2.83 bits per heavy atom. The van der Waals surface area contributed by atoms with Crippen molar-refractivity contribution >= 4 is 22.1 Å². The van der Waals surface area contributed by atoms with Gasteiger partial charge in [0.1, 0.15) is 25.0 Å². The number of nitrogens with zero attached hydrogens (tertiary/aromatic N) is 4. The lowest BCUT2D eigenvalue weighted by molar-refractivity contribution is 0.361. The minimum atomic E-state index is 0.479. The highest BCUT2D eigenvalue weighted by atomic mass is 79.9. The standard InChI is InChI=1S/C12H11BrN4O/c1-2-5-18-12-4-3-10(6-11(12)13)7-16-17-8-14-15-9-17/h2-4,6-9H,1,5H2/b16-7-. The molecule has 6 heteroatoms. The van der Waals surface area contributed by atoms with Crippen LogP contribution in [-0.4, -0.2) is 27.7 Å². The Kier molecular flexibility index (Phi) is 4.25. The Morgan fingerprint density at radius 1 is 1.39 bits per heavy atom. The molecule has 0 spiro atoms. The van der Waals surface area contributed by atoms with Crippen LogP contribution in [0, 0.1) is 0 Å². The Bertz CT molecular complexity index is 551. The van der Waals surface area contributed by atoms with Gasteiger partial charge in [-0.15, -0.1) is 10.2 Å². The van der Waals surface area contributed by atoms with Gasteiger partial charge in [0.05, 0.1) is 10.7 Å². The number of benzene rings is 1. The summed E-state index contributed by atoms with van der Waals surface area (Å²) < 4.78 is 7.85. The van der Waals surface area contributed by atoms with Crippen molar-refractivity contribution in [1.29, 1.82) is 0 Å². The molecule has 18 heavy (non-hydrogen) atoms. The molecule has 1 heterocycles. The second-order valence-electron chi connectivity index (χ2n) is 3.38. The second kappa shape index (κ2) is 6.11. The molecule has 0 unspecified atom stereocenters. The normalized spacial score (nSPS) is 10.7. The van der Waals surface area contributed by atoms with Crippen molar-refractivity contribution in [3.8, 4) is 5.75 Å². The molecule has 0 aliphatic carbocycles. The molecule has 0 bridgehead atoms. The summed E-state index contributed by atoms with van der Waals surface area (Å²) in [6, 6.07) is 5.71. The molecule has 0 radical (unpaired) electrons. The van der Waals surface area contributed by atoms with Crippen molar-refractivity contribution in [3.63, 3.8) is 0 Å². The van der Waals surface area contributed by atoms with Crippen molar-refractivity contribution in [2.45, 2.75) is 0 Å². The highest BCUT2D eigenvalue weighted by molar-refractivity contribution is 9.10. The molecule has 92 valence electrons. The Hall–Kier alpha value is -1.95. The van der Waals surface area contributed by atoms with Gasteiger partial charge in [-0.2, -0.15) is 5.10 Å². The topological polar surface area (TPSA) is 52.3 Å². The van der Waals surface area contributed by atoms with Crippen LogP contribution in [-0.2, 0) is 0 Å². The average Bonchev–Trinajstić information content (AvgIpc) is 2.88. The first-order valence-corrected chi connectivity index (χ1v) is 6.01. The molecule has 0 N–H and O–H groups in total. The summed E-state index contributed by atoms with van der Waals surface area (Å²) in [5.74, 6) is 0.774. The highest BCUT2D eigenvalue weighted by Crippen LogP contribution is 2.25. The zero-order valence-corrected chi connectivity index (χ0v) is 11.1. The van der Waals surface area contributed by atoms with Gasteiger partial charge < -0.3 is 4.74 Å². The fourth-order valence-corrected chi connectivity index (χ4v) is 1.76. The fourth-order valence-electron chi connectivity index (χ4n) is 1.25. The molecule has 0 atom stereocenters. The third-order valence-corrected chi connectivity index (χ3v) is 2.68. The number of rotatable bonds is 5. The van der Waals surface area contributed by atoms with Crippen LogP contribution in [0.5, 0.6) is 5.75 Å². The molecule has 5 nitrogen and oxygen atoms in total. The quantitative estimate of drug-likeness (QED) is 0.630. The second-order valence-corrected chi connectivity index (χ2v) is 4.23. The lowest BCUT2D eigenvalue weighted by Gasteiger charge is -2.06. The summed E-state index contributed by atoms with van der Waals surface area (Å²) in [4.78, 5) is 0. The highest BCUT2D eigenvalue weighted by Gasteiger charge is 2.00. The van der Waals surface area contributed by atoms with Crippen LogP contribution in [0.3, 0.4) is 0 Å². The molecule has 0 amide bonds. The molecule has 0 aliphatic rings. The van der Waals surface area contributed by atoms with Gasteiger partial charge in [0, 0.05) is 0 Å². The van der Waals surface area contributed by atoms with E-state index in [1.54, 1.807) is 12.3 Å². The van der Waals surface area contributed by atoms with Gasteiger partial charge in [-0.3, -0.25) is 0 Å². The Balaban J connectivity index is 2.11. The van der Waals surface area contributed by atoms with Crippen LogP contribution < -0.4 is 4.74 Å². The Labute approximate surface area is 113 Å². The number of ether oxygens (including phenoxy) is 1. The van der Waals surface area contributed by atoms with Crippen LogP contribution in [0.1, 0.15) is 5.56 Å². The number of hydrogen-bond acceptors (Lipinski definition) is 4. The summed E-state index contributed by atoms with van der Waals surface area (Å²) in [5.41, 5.74) is 0.946. The summed E-state index contributed by atoms with van der Waals surface area (Å²) in [7, 11) is 0. The molecule has 2 aromatic rings. The fraction of sp³-hybridized carbons (Fsp3) is 0.0833. The van der Waals surface area contributed by atoms with E-state index in [1.165, 1.54) is 17.3 Å². The van der Waals surface area contributed by atoms with Gasteiger partial charge in [-0.05, 0) is 39.7 Å². The average molecular weight is 307 g/mol. The zero-order chi connectivity index (χ0) is 12.8. The molecular formula is C12H11BrN4O. The van der Waals surface area contributed by atoms with E-state index in [-0.39, 0.29) is 0 Å². The number of hydrogen-bond donors (Lipinski definition) is 0. The summed E-state index contributed by atoms with van der Waals surface area (Å²) in [6.07, 6.45) is 6.46. The van der Waals surface area contributed by atoms with Gasteiger partial charge in [0.2, 0.25) is 0 Å². The minimum absolute atomic E-state index is 0.479. The van der Waals surface area contributed by atoms with Crippen molar-refractivity contribution in [2.24, 2.45) is 5.10 Å². The monoisotopic (exact) mass is 306 g/mol. The minimum Gasteiger partial charge on any atom is -0.488 e. The van der Waals surface area contributed by atoms with Crippen LogP contribution >= 0.6 is 15.9 Å². The maximum atomic E-state index is 5.46. The largest absolute Gasteiger partial charge is 0.488 e. The van der Waals surface area contributed by atoms with Crippen LogP contribution in [0.15, 0.2) is 53.1 Å². The third-order valence-electron chi connectivity index (χ3n) is 2.06. The first-order valence-electron chi connectivity index (χ1n) is 5.22. The SMILES string of the molecule is C=CCOc1ccc(/C=N\n2cnnc2)cc1Br. The Morgan fingerprint density at radius 2 is 2.17 bits per heavy atom. The molecular weight excluding hydrogens is 296 g/mol. The first kappa shape index (κ1) is 12.5. The third kappa shape index (κ3) is 3.27.